The average molecular weight is 372 g/mol. The maximum atomic E-state index is 12.7. The van der Waals surface area contributed by atoms with Crippen molar-refractivity contribution in [1.82, 2.24) is 5.32 Å². The van der Waals surface area contributed by atoms with Crippen molar-refractivity contribution in [2.45, 2.75) is 25.9 Å². The Morgan fingerprint density at radius 1 is 0.750 bits per heavy atom. The first-order chi connectivity index (χ1) is 13.5. The summed E-state index contributed by atoms with van der Waals surface area (Å²) in [5.41, 5.74) is 3.48. The second kappa shape index (κ2) is 9.11. The third-order valence-corrected chi connectivity index (χ3v) is 4.63. The van der Waals surface area contributed by atoms with Gasteiger partial charge in [0.05, 0.1) is 12.1 Å². The Hall–Kier alpha value is -3.24. The van der Waals surface area contributed by atoms with Gasteiger partial charge in [0, 0.05) is 11.3 Å². The lowest BCUT2D eigenvalue weighted by molar-refractivity contribution is -0.117. The molecule has 2 N–H and O–H groups in total. The summed E-state index contributed by atoms with van der Waals surface area (Å²) in [4.78, 5) is 24.1. The van der Waals surface area contributed by atoms with Crippen LogP contribution in [0.4, 0.5) is 5.69 Å². The minimum atomic E-state index is -0.419. The molecule has 0 saturated heterocycles. The molecule has 142 valence electrons. The third kappa shape index (κ3) is 4.93. The van der Waals surface area contributed by atoms with Crippen molar-refractivity contribution < 1.29 is 9.59 Å². The maximum absolute atomic E-state index is 12.7. The van der Waals surface area contributed by atoms with Gasteiger partial charge in [0.1, 0.15) is 0 Å². The lowest BCUT2D eigenvalue weighted by atomic mass is 9.98. The minimum absolute atomic E-state index is 0.00137. The highest BCUT2D eigenvalue weighted by molar-refractivity contribution is 5.97. The molecule has 0 unspecified atom stereocenters. The van der Waals surface area contributed by atoms with Crippen molar-refractivity contribution in [1.29, 1.82) is 0 Å². The van der Waals surface area contributed by atoms with Crippen LogP contribution >= 0.6 is 0 Å². The molecular weight excluding hydrogens is 348 g/mol. The van der Waals surface area contributed by atoms with Crippen LogP contribution in [-0.2, 0) is 4.79 Å². The van der Waals surface area contributed by atoms with E-state index in [2.05, 4.69) is 34.9 Å². The summed E-state index contributed by atoms with van der Waals surface area (Å²) in [7, 11) is 0. The molecule has 3 rings (SSSR count). The topological polar surface area (TPSA) is 58.2 Å². The highest BCUT2D eigenvalue weighted by atomic mass is 16.2. The molecule has 0 saturated carbocycles. The summed E-state index contributed by atoms with van der Waals surface area (Å²) in [5.74, 6) is -0.131. The van der Waals surface area contributed by atoms with Crippen LogP contribution in [0.3, 0.4) is 0 Å². The number of hydrogen-bond donors (Lipinski definition) is 2. The summed E-state index contributed by atoms with van der Waals surface area (Å²) in [6, 6.07) is 26.5. The van der Waals surface area contributed by atoms with Gasteiger partial charge in [0.25, 0.3) is 0 Å². The summed E-state index contributed by atoms with van der Waals surface area (Å²) in [6.07, 6.45) is 0. The van der Waals surface area contributed by atoms with Crippen LogP contribution in [0.15, 0.2) is 84.9 Å². The molecule has 1 amide bonds. The molecule has 3 aromatic carbocycles. The fourth-order valence-corrected chi connectivity index (χ4v) is 3.04. The molecule has 0 bridgehead atoms. The molecule has 1 atom stereocenters. The first kappa shape index (κ1) is 19.5. The van der Waals surface area contributed by atoms with Gasteiger partial charge in [0.2, 0.25) is 5.91 Å². The average Bonchev–Trinajstić information content (AvgIpc) is 2.73. The molecule has 0 radical (unpaired) electrons. The van der Waals surface area contributed by atoms with Crippen LogP contribution in [-0.4, -0.2) is 17.7 Å². The summed E-state index contributed by atoms with van der Waals surface area (Å²) in [5, 5.41) is 6.34. The first-order valence-electron chi connectivity index (χ1n) is 9.32. The summed E-state index contributed by atoms with van der Waals surface area (Å²) < 4.78 is 0. The Bertz CT molecular complexity index is 882. The number of hydrogen-bond acceptors (Lipinski definition) is 3. The predicted octanol–water partition coefficient (Wildman–Crippen LogP) is 4.60. The number of Topliss-reactive ketones (excluding diaryl/α,β-unsaturated/α-hetero) is 1. The van der Waals surface area contributed by atoms with Gasteiger partial charge in [-0.05, 0) is 49.2 Å². The Labute approximate surface area is 165 Å². The van der Waals surface area contributed by atoms with Crippen LogP contribution in [0.1, 0.15) is 41.4 Å². The monoisotopic (exact) mass is 372 g/mol. The quantitative estimate of drug-likeness (QED) is 0.596. The SMILES string of the molecule is CC(=O)c1ccc(NC(=O)[C@H](C)NC(c2ccccc2)c2ccccc2)cc1. The number of benzene rings is 3. The maximum Gasteiger partial charge on any atom is 0.241 e. The van der Waals surface area contributed by atoms with Gasteiger partial charge in [-0.2, -0.15) is 0 Å². The van der Waals surface area contributed by atoms with E-state index in [4.69, 9.17) is 0 Å². The van der Waals surface area contributed by atoms with Crippen molar-refractivity contribution in [3.05, 3.63) is 102 Å². The molecule has 0 fully saturated rings. The molecule has 4 nitrogen and oxygen atoms in total. The zero-order valence-corrected chi connectivity index (χ0v) is 16.1. The smallest absolute Gasteiger partial charge is 0.241 e. The molecule has 28 heavy (non-hydrogen) atoms. The van der Waals surface area contributed by atoms with E-state index in [1.165, 1.54) is 6.92 Å². The third-order valence-electron chi connectivity index (χ3n) is 4.63. The minimum Gasteiger partial charge on any atom is -0.325 e. The number of anilines is 1. The highest BCUT2D eigenvalue weighted by Crippen LogP contribution is 2.22. The molecule has 0 aliphatic carbocycles. The molecule has 0 aromatic heterocycles. The van der Waals surface area contributed by atoms with E-state index in [1.54, 1.807) is 24.3 Å². The molecule has 3 aromatic rings. The van der Waals surface area contributed by atoms with Gasteiger partial charge in [-0.3, -0.25) is 14.9 Å². The fraction of sp³-hybridized carbons (Fsp3) is 0.167. The number of amides is 1. The summed E-state index contributed by atoms with van der Waals surface area (Å²) >= 11 is 0. The Morgan fingerprint density at radius 2 is 1.25 bits per heavy atom. The van der Waals surface area contributed by atoms with E-state index in [-0.39, 0.29) is 17.7 Å². The number of rotatable bonds is 7. The van der Waals surface area contributed by atoms with Gasteiger partial charge < -0.3 is 5.32 Å². The Balaban J connectivity index is 1.73. The van der Waals surface area contributed by atoms with Gasteiger partial charge in [-0.1, -0.05) is 60.7 Å². The number of ketones is 1. The van der Waals surface area contributed by atoms with Crippen molar-refractivity contribution in [3.8, 4) is 0 Å². The Kier molecular flexibility index (Phi) is 6.35. The lowest BCUT2D eigenvalue weighted by Gasteiger charge is -2.24. The van der Waals surface area contributed by atoms with Crippen molar-refractivity contribution >= 4 is 17.4 Å². The van der Waals surface area contributed by atoms with Gasteiger partial charge in [0.15, 0.2) is 5.78 Å². The molecule has 0 heterocycles. The largest absolute Gasteiger partial charge is 0.325 e. The van der Waals surface area contributed by atoms with Crippen LogP contribution in [0.25, 0.3) is 0 Å². The van der Waals surface area contributed by atoms with E-state index >= 15 is 0 Å². The second-order valence-electron chi connectivity index (χ2n) is 6.77. The highest BCUT2D eigenvalue weighted by Gasteiger charge is 2.20. The van der Waals surface area contributed by atoms with Crippen molar-refractivity contribution in [2.24, 2.45) is 0 Å². The van der Waals surface area contributed by atoms with Gasteiger partial charge in [-0.25, -0.2) is 0 Å². The molecule has 4 heteroatoms. The van der Waals surface area contributed by atoms with E-state index < -0.39 is 6.04 Å². The van der Waals surface area contributed by atoms with Crippen LogP contribution in [0.5, 0.6) is 0 Å². The van der Waals surface area contributed by atoms with Crippen LogP contribution in [0.2, 0.25) is 0 Å². The lowest BCUT2D eigenvalue weighted by Crippen LogP contribution is -2.40. The standard InChI is InChI=1S/C24H24N2O2/c1-17(24(28)26-22-15-13-19(14-16-22)18(2)27)25-23(20-9-5-3-6-10-20)21-11-7-4-8-12-21/h3-17,23,25H,1-2H3,(H,26,28)/t17-/m0/s1. The zero-order valence-electron chi connectivity index (χ0n) is 16.1. The van der Waals surface area contributed by atoms with E-state index in [9.17, 15) is 9.59 Å². The van der Waals surface area contributed by atoms with Crippen LogP contribution in [0, 0.1) is 0 Å². The van der Waals surface area contributed by atoms with Gasteiger partial charge in [-0.15, -0.1) is 0 Å². The first-order valence-corrected chi connectivity index (χ1v) is 9.32. The fourth-order valence-electron chi connectivity index (χ4n) is 3.04. The van der Waals surface area contributed by atoms with E-state index in [1.807, 2.05) is 43.3 Å². The normalized spacial score (nSPS) is 11.8. The number of carbonyl (C=O) groups is 2. The molecular formula is C24H24N2O2. The Morgan fingerprint density at radius 3 is 1.71 bits per heavy atom. The van der Waals surface area contributed by atoms with Crippen molar-refractivity contribution in [2.75, 3.05) is 5.32 Å². The molecule has 0 spiro atoms. The van der Waals surface area contributed by atoms with Crippen LogP contribution < -0.4 is 10.6 Å². The molecule has 0 aliphatic heterocycles. The predicted molar refractivity (Wildman–Crippen MR) is 112 cm³/mol. The number of carbonyl (C=O) groups excluding carboxylic acids is 2. The number of nitrogens with one attached hydrogen (secondary N) is 2. The molecule has 0 aliphatic rings. The zero-order chi connectivity index (χ0) is 19.9. The van der Waals surface area contributed by atoms with E-state index in [0.29, 0.717) is 11.3 Å². The summed E-state index contributed by atoms with van der Waals surface area (Å²) in [6.45, 7) is 3.37. The van der Waals surface area contributed by atoms with E-state index in [0.717, 1.165) is 11.1 Å². The van der Waals surface area contributed by atoms with Crippen molar-refractivity contribution in [3.63, 3.8) is 0 Å². The van der Waals surface area contributed by atoms with Gasteiger partial charge >= 0.3 is 0 Å². The second-order valence-corrected chi connectivity index (χ2v) is 6.77.